The molecular weight excluding hydrogens is 501 g/mol. The minimum atomic E-state index is -4.45. The lowest BCUT2D eigenvalue weighted by molar-refractivity contribution is -0.137. The number of rotatable bonds is 8. The highest BCUT2D eigenvalue weighted by Gasteiger charge is 2.32. The lowest BCUT2D eigenvalue weighted by Gasteiger charge is -2.31. The van der Waals surface area contributed by atoms with Crippen LogP contribution in [0.2, 0.25) is 0 Å². The van der Waals surface area contributed by atoms with Crippen molar-refractivity contribution in [3.8, 4) is 22.9 Å². The highest BCUT2D eigenvalue weighted by Crippen LogP contribution is 2.35. The van der Waals surface area contributed by atoms with Crippen molar-refractivity contribution >= 4 is 17.6 Å². The van der Waals surface area contributed by atoms with Crippen LogP contribution in [0.25, 0.3) is 11.4 Å². The standard InChI is InChI=1S/C26H25F3N6O3/c27-26(28,29)17-4-7-21(16(12-17)14-35-10-1-11-35)38-18-5-2-15(3-6-18)24-33-20(23(30)36)13-22(34-24)32-19-8-9-31-25(19)37/h2-7,12-13,19H,1,8-11,14H2,(H2,30,36)(H,31,37)(H,32,33,34)/t19-/m0/s1. The number of hydrogen-bond donors (Lipinski definition) is 3. The molecule has 9 nitrogen and oxygen atoms in total. The normalized spacial score (nSPS) is 17.6. The van der Waals surface area contributed by atoms with Gasteiger partial charge in [0.1, 0.15) is 29.1 Å². The molecule has 2 aliphatic heterocycles. The number of carbonyl (C=O) groups excluding carboxylic acids is 2. The molecule has 0 aliphatic carbocycles. The number of nitrogens with two attached hydrogens (primary N) is 1. The van der Waals surface area contributed by atoms with Gasteiger partial charge in [-0.05, 0) is 68.4 Å². The van der Waals surface area contributed by atoms with E-state index in [9.17, 15) is 22.8 Å². The van der Waals surface area contributed by atoms with Crippen molar-refractivity contribution in [3.63, 3.8) is 0 Å². The van der Waals surface area contributed by atoms with Crippen LogP contribution in [-0.2, 0) is 17.5 Å². The van der Waals surface area contributed by atoms with Crippen molar-refractivity contribution in [3.05, 3.63) is 65.4 Å². The second-order valence-electron chi connectivity index (χ2n) is 9.18. The minimum Gasteiger partial charge on any atom is -0.457 e. The summed E-state index contributed by atoms with van der Waals surface area (Å²) < 4.78 is 45.8. The van der Waals surface area contributed by atoms with E-state index in [4.69, 9.17) is 10.5 Å². The van der Waals surface area contributed by atoms with Gasteiger partial charge in [0, 0.05) is 30.3 Å². The predicted octanol–water partition coefficient (Wildman–Crippen LogP) is 3.56. The molecule has 0 unspecified atom stereocenters. The van der Waals surface area contributed by atoms with Crippen molar-refractivity contribution in [2.45, 2.75) is 31.6 Å². The zero-order chi connectivity index (χ0) is 26.9. The van der Waals surface area contributed by atoms with E-state index >= 15 is 0 Å². The third-order valence-electron chi connectivity index (χ3n) is 6.42. The summed E-state index contributed by atoms with van der Waals surface area (Å²) in [6.07, 6.45) is -2.86. The number of carbonyl (C=O) groups is 2. The number of nitrogens with one attached hydrogen (secondary N) is 2. The minimum absolute atomic E-state index is 0.0170. The monoisotopic (exact) mass is 526 g/mol. The van der Waals surface area contributed by atoms with Gasteiger partial charge in [-0.3, -0.25) is 14.5 Å². The van der Waals surface area contributed by atoms with Crippen LogP contribution in [0.1, 0.15) is 34.5 Å². The third kappa shape index (κ3) is 5.70. The van der Waals surface area contributed by atoms with Gasteiger partial charge in [-0.1, -0.05) is 0 Å². The molecule has 1 atom stereocenters. The summed E-state index contributed by atoms with van der Waals surface area (Å²) in [4.78, 5) is 34.5. The number of halogens is 3. The molecule has 3 heterocycles. The Morgan fingerprint density at radius 1 is 1.13 bits per heavy atom. The van der Waals surface area contributed by atoms with Crippen LogP contribution in [0.4, 0.5) is 19.0 Å². The maximum atomic E-state index is 13.3. The Balaban J connectivity index is 1.38. The molecule has 0 spiro atoms. The Morgan fingerprint density at radius 3 is 2.50 bits per heavy atom. The van der Waals surface area contributed by atoms with Gasteiger partial charge < -0.3 is 21.1 Å². The number of ether oxygens (including phenoxy) is 1. The van der Waals surface area contributed by atoms with Crippen molar-refractivity contribution < 1.29 is 27.5 Å². The van der Waals surface area contributed by atoms with Crippen LogP contribution in [0, 0.1) is 0 Å². The third-order valence-corrected chi connectivity index (χ3v) is 6.42. The molecule has 5 rings (SSSR count). The lowest BCUT2D eigenvalue weighted by Crippen LogP contribution is -2.36. The Labute approximate surface area is 216 Å². The van der Waals surface area contributed by atoms with Gasteiger partial charge in [-0.15, -0.1) is 0 Å². The maximum absolute atomic E-state index is 13.3. The van der Waals surface area contributed by atoms with Gasteiger partial charge in [0.15, 0.2) is 5.82 Å². The summed E-state index contributed by atoms with van der Waals surface area (Å²) in [5.74, 6) is 0.332. The number of hydrogen-bond acceptors (Lipinski definition) is 7. The zero-order valence-electron chi connectivity index (χ0n) is 20.2. The molecule has 1 aromatic heterocycles. The highest BCUT2D eigenvalue weighted by atomic mass is 19.4. The van der Waals surface area contributed by atoms with E-state index < -0.39 is 23.7 Å². The topological polar surface area (TPSA) is 122 Å². The summed E-state index contributed by atoms with van der Waals surface area (Å²) in [5, 5.41) is 5.73. The number of likely N-dealkylation sites (tertiary alicyclic amines) is 1. The molecule has 38 heavy (non-hydrogen) atoms. The van der Waals surface area contributed by atoms with Gasteiger partial charge >= 0.3 is 6.18 Å². The molecule has 3 aromatic rings. The van der Waals surface area contributed by atoms with Crippen molar-refractivity contribution in [1.82, 2.24) is 20.2 Å². The molecule has 2 saturated heterocycles. The van der Waals surface area contributed by atoms with E-state index in [2.05, 4.69) is 25.5 Å². The molecular formula is C26H25F3N6O3. The van der Waals surface area contributed by atoms with Crippen LogP contribution in [-0.4, -0.2) is 52.4 Å². The van der Waals surface area contributed by atoms with Crippen LogP contribution >= 0.6 is 0 Å². The Morgan fingerprint density at radius 2 is 1.89 bits per heavy atom. The second kappa shape index (κ2) is 10.3. The number of alkyl halides is 3. The Hall–Kier alpha value is -4.19. The highest BCUT2D eigenvalue weighted by molar-refractivity contribution is 5.92. The van der Waals surface area contributed by atoms with Crippen molar-refractivity contribution in [2.75, 3.05) is 25.0 Å². The van der Waals surface area contributed by atoms with Gasteiger partial charge in [0.25, 0.3) is 5.91 Å². The second-order valence-corrected chi connectivity index (χ2v) is 9.18. The van der Waals surface area contributed by atoms with Crippen molar-refractivity contribution in [1.29, 1.82) is 0 Å². The Bertz CT molecular complexity index is 1360. The smallest absolute Gasteiger partial charge is 0.416 e. The van der Waals surface area contributed by atoms with Crippen LogP contribution in [0.3, 0.4) is 0 Å². The molecule has 0 bridgehead atoms. The first-order valence-corrected chi connectivity index (χ1v) is 12.1. The average molecular weight is 527 g/mol. The number of benzene rings is 2. The first kappa shape index (κ1) is 25.5. The summed E-state index contributed by atoms with van der Waals surface area (Å²) in [7, 11) is 0. The molecule has 2 aliphatic rings. The molecule has 2 fully saturated rings. The number of primary amides is 1. The van der Waals surface area contributed by atoms with Gasteiger partial charge in [0.2, 0.25) is 5.91 Å². The number of aromatic nitrogens is 2. The largest absolute Gasteiger partial charge is 0.457 e. The summed E-state index contributed by atoms with van der Waals surface area (Å²) in [5.41, 5.74) is 5.71. The molecule has 0 saturated carbocycles. The van der Waals surface area contributed by atoms with Gasteiger partial charge in [-0.2, -0.15) is 13.2 Å². The SMILES string of the molecule is NC(=O)c1cc(N[C@H]2CCNC2=O)nc(-c2ccc(Oc3ccc(C(F)(F)F)cc3CN3CCC3)cc2)n1. The fraction of sp³-hybridized carbons (Fsp3) is 0.308. The van der Waals surface area contributed by atoms with E-state index in [0.717, 1.165) is 31.6 Å². The molecule has 4 N–H and O–H groups in total. The quantitative estimate of drug-likeness (QED) is 0.410. The maximum Gasteiger partial charge on any atom is 0.416 e. The number of amides is 2. The fourth-order valence-electron chi connectivity index (χ4n) is 4.25. The zero-order valence-corrected chi connectivity index (χ0v) is 20.2. The van der Waals surface area contributed by atoms with Crippen LogP contribution in [0.15, 0.2) is 48.5 Å². The number of nitrogens with zero attached hydrogens (tertiary/aromatic N) is 3. The van der Waals surface area contributed by atoms with Crippen LogP contribution in [0.5, 0.6) is 11.5 Å². The summed E-state index contributed by atoms with van der Waals surface area (Å²) in [6, 6.07) is 11.0. The van der Waals surface area contributed by atoms with E-state index in [0.29, 0.717) is 42.1 Å². The molecule has 2 amide bonds. The van der Waals surface area contributed by atoms with E-state index in [-0.39, 0.29) is 23.2 Å². The first-order valence-electron chi connectivity index (χ1n) is 12.1. The number of anilines is 1. The predicted molar refractivity (Wildman–Crippen MR) is 132 cm³/mol. The van der Waals surface area contributed by atoms with E-state index in [1.165, 1.54) is 12.1 Å². The average Bonchev–Trinajstić information content (AvgIpc) is 3.25. The molecule has 0 radical (unpaired) electrons. The molecule has 198 valence electrons. The summed E-state index contributed by atoms with van der Waals surface area (Å²) >= 11 is 0. The van der Waals surface area contributed by atoms with Crippen molar-refractivity contribution in [2.24, 2.45) is 5.73 Å². The summed E-state index contributed by atoms with van der Waals surface area (Å²) in [6.45, 7) is 2.56. The van der Waals surface area contributed by atoms with Crippen LogP contribution < -0.4 is 21.1 Å². The van der Waals surface area contributed by atoms with E-state index in [1.807, 2.05) is 0 Å². The lowest BCUT2D eigenvalue weighted by atomic mass is 10.1. The Kier molecular flexibility index (Phi) is 6.89. The van der Waals surface area contributed by atoms with Gasteiger partial charge in [0.05, 0.1) is 5.56 Å². The van der Waals surface area contributed by atoms with E-state index in [1.54, 1.807) is 24.3 Å². The van der Waals surface area contributed by atoms with Gasteiger partial charge in [-0.25, -0.2) is 9.97 Å². The first-order chi connectivity index (χ1) is 18.2. The fourth-order valence-corrected chi connectivity index (χ4v) is 4.25. The molecule has 12 heteroatoms. The molecule has 2 aromatic carbocycles.